The van der Waals surface area contributed by atoms with Crippen molar-refractivity contribution in [2.24, 2.45) is 0 Å². The fourth-order valence-electron chi connectivity index (χ4n) is 1.80. The Morgan fingerprint density at radius 1 is 1.24 bits per heavy atom. The quantitative estimate of drug-likeness (QED) is 0.469. The third kappa shape index (κ3) is 3.78. The van der Waals surface area contributed by atoms with Crippen molar-refractivity contribution >= 4 is 11.9 Å². The third-order valence-electron chi connectivity index (χ3n) is 2.86. The zero-order valence-electron chi connectivity index (χ0n) is 11.0. The number of imidazole rings is 1. The fourth-order valence-corrected chi connectivity index (χ4v) is 1.80. The van der Waals surface area contributed by atoms with E-state index < -0.39 is 5.97 Å². The highest BCUT2D eigenvalue weighted by molar-refractivity contribution is 5.67. The number of aryl methyl sites for hydroxylation is 1. The van der Waals surface area contributed by atoms with Gasteiger partial charge in [-0.2, -0.15) is 0 Å². The van der Waals surface area contributed by atoms with Crippen LogP contribution in [0.15, 0.2) is 18.3 Å². The van der Waals surface area contributed by atoms with Crippen LogP contribution in [0.3, 0.4) is 0 Å². The van der Waals surface area contributed by atoms with E-state index in [1.165, 1.54) is 6.20 Å². The molecule has 0 saturated heterocycles. The molecule has 2 aromatic rings. The van der Waals surface area contributed by atoms with Crippen molar-refractivity contribution in [3.63, 3.8) is 0 Å². The van der Waals surface area contributed by atoms with Gasteiger partial charge in [0.25, 0.3) is 0 Å². The Balaban J connectivity index is 1.99. The van der Waals surface area contributed by atoms with Crippen LogP contribution in [-0.2, 0) is 17.8 Å². The summed E-state index contributed by atoms with van der Waals surface area (Å²) >= 11 is 0. The number of rotatable bonds is 6. The van der Waals surface area contributed by atoms with Crippen LogP contribution in [0, 0.1) is 0 Å². The van der Waals surface area contributed by atoms with Crippen LogP contribution >= 0.6 is 0 Å². The number of carbonyl (C=O) groups is 1. The smallest absolute Gasteiger partial charge is 0.303 e. The number of phenols is 3. The SMILES string of the molecule is O=C(O)CCc1cnc(NCc2c(O)cc(O)cc2O)[nH]1. The van der Waals surface area contributed by atoms with E-state index in [1.807, 2.05) is 0 Å². The Labute approximate surface area is 119 Å². The number of nitrogens with zero attached hydrogens (tertiary/aromatic N) is 1. The lowest BCUT2D eigenvalue weighted by Gasteiger charge is -2.08. The molecule has 21 heavy (non-hydrogen) atoms. The maximum absolute atomic E-state index is 10.5. The number of anilines is 1. The van der Waals surface area contributed by atoms with Gasteiger partial charge >= 0.3 is 5.97 Å². The Morgan fingerprint density at radius 3 is 2.52 bits per heavy atom. The number of phenolic OH excluding ortho intramolecular Hbond substituents is 3. The van der Waals surface area contributed by atoms with Gasteiger partial charge in [0.2, 0.25) is 5.95 Å². The molecule has 6 N–H and O–H groups in total. The number of hydrogen-bond donors (Lipinski definition) is 6. The predicted octanol–water partition coefficient (Wildman–Crippen LogP) is 1.16. The first-order valence-electron chi connectivity index (χ1n) is 6.19. The van der Waals surface area contributed by atoms with Crippen molar-refractivity contribution in [2.45, 2.75) is 19.4 Å². The van der Waals surface area contributed by atoms with E-state index in [0.29, 0.717) is 18.1 Å². The average molecular weight is 293 g/mol. The predicted molar refractivity (Wildman–Crippen MR) is 73.3 cm³/mol. The van der Waals surface area contributed by atoms with Gasteiger partial charge in [0.15, 0.2) is 0 Å². The molecule has 112 valence electrons. The van der Waals surface area contributed by atoms with Crippen molar-refractivity contribution in [2.75, 3.05) is 5.32 Å². The number of aromatic hydroxyl groups is 3. The number of aromatic amines is 1. The highest BCUT2D eigenvalue weighted by Crippen LogP contribution is 2.32. The molecule has 0 radical (unpaired) electrons. The molecule has 1 heterocycles. The number of carboxylic acid groups (broad SMARTS) is 1. The second-order valence-corrected chi connectivity index (χ2v) is 4.47. The zero-order chi connectivity index (χ0) is 15.4. The van der Waals surface area contributed by atoms with Gasteiger partial charge in [0, 0.05) is 17.8 Å². The number of H-pyrrole nitrogens is 1. The lowest BCUT2D eigenvalue weighted by molar-refractivity contribution is -0.136. The minimum Gasteiger partial charge on any atom is -0.508 e. The molecule has 8 nitrogen and oxygen atoms in total. The van der Waals surface area contributed by atoms with Crippen LogP contribution in [-0.4, -0.2) is 36.4 Å². The summed E-state index contributed by atoms with van der Waals surface area (Å²) in [6.07, 6.45) is 1.85. The minimum atomic E-state index is -0.891. The normalized spacial score (nSPS) is 10.5. The maximum atomic E-state index is 10.5. The van der Waals surface area contributed by atoms with Crippen molar-refractivity contribution in [3.05, 3.63) is 29.6 Å². The van der Waals surface area contributed by atoms with Crippen LogP contribution in [0.5, 0.6) is 17.2 Å². The van der Waals surface area contributed by atoms with Gasteiger partial charge in [-0.15, -0.1) is 0 Å². The molecule has 0 bridgehead atoms. The minimum absolute atomic E-state index is 0.00116. The molecule has 0 aliphatic carbocycles. The highest BCUT2D eigenvalue weighted by atomic mass is 16.4. The molecular formula is C13H15N3O5. The Morgan fingerprint density at radius 2 is 1.90 bits per heavy atom. The third-order valence-corrected chi connectivity index (χ3v) is 2.86. The first kappa shape index (κ1) is 14.5. The van der Waals surface area contributed by atoms with Gasteiger partial charge in [-0.05, 0) is 6.42 Å². The standard InChI is InChI=1S/C13H15N3O5/c17-8-3-10(18)9(11(19)4-8)6-15-13-14-5-7(16-13)1-2-12(20)21/h3-5,17-19H,1-2,6H2,(H,20,21)(H2,14,15,16). The summed E-state index contributed by atoms with van der Waals surface area (Å²) in [4.78, 5) is 17.4. The second-order valence-electron chi connectivity index (χ2n) is 4.47. The second kappa shape index (κ2) is 6.04. The topological polar surface area (TPSA) is 139 Å². The fraction of sp³-hybridized carbons (Fsp3) is 0.231. The average Bonchev–Trinajstić information content (AvgIpc) is 2.83. The molecule has 0 atom stereocenters. The van der Waals surface area contributed by atoms with Gasteiger partial charge < -0.3 is 30.7 Å². The molecule has 0 aliphatic heterocycles. The largest absolute Gasteiger partial charge is 0.508 e. The zero-order valence-corrected chi connectivity index (χ0v) is 11.0. The highest BCUT2D eigenvalue weighted by Gasteiger charge is 2.10. The van der Waals surface area contributed by atoms with E-state index in [2.05, 4.69) is 15.3 Å². The molecule has 1 aromatic carbocycles. The van der Waals surface area contributed by atoms with E-state index in [1.54, 1.807) is 0 Å². The van der Waals surface area contributed by atoms with Crippen LogP contribution in [0.4, 0.5) is 5.95 Å². The van der Waals surface area contributed by atoms with E-state index >= 15 is 0 Å². The summed E-state index contributed by atoms with van der Waals surface area (Å²) < 4.78 is 0. The molecule has 0 unspecified atom stereocenters. The number of nitrogens with one attached hydrogen (secondary N) is 2. The first-order valence-corrected chi connectivity index (χ1v) is 6.19. The summed E-state index contributed by atoms with van der Waals surface area (Å²) in [5, 5.41) is 39.9. The number of aromatic nitrogens is 2. The molecule has 8 heteroatoms. The lowest BCUT2D eigenvalue weighted by Crippen LogP contribution is -2.02. The molecule has 0 aliphatic rings. The molecule has 0 spiro atoms. The van der Waals surface area contributed by atoms with E-state index in [9.17, 15) is 20.1 Å². The van der Waals surface area contributed by atoms with E-state index in [-0.39, 0.29) is 35.8 Å². The van der Waals surface area contributed by atoms with Crippen molar-refractivity contribution in [1.82, 2.24) is 9.97 Å². The Hall–Kier alpha value is -2.90. The van der Waals surface area contributed by atoms with Crippen LogP contribution in [0.2, 0.25) is 0 Å². The van der Waals surface area contributed by atoms with Gasteiger partial charge in [-0.3, -0.25) is 4.79 Å². The molecule has 2 rings (SSSR count). The Kier molecular flexibility index (Phi) is 4.17. The Bertz CT molecular complexity index is 630. The molecule has 0 saturated carbocycles. The van der Waals surface area contributed by atoms with Crippen molar-refractivity contribution < 1.29 is 25.2 Å². The van der Waals surface area contributed by atoms with Crippen molar-refractivity contribution in [1.29, 1.82) is 0 Å². The monoisotopic (exact) mass is 293 g/mol. The molecular weight excluding hydrogens is 278 g/mol. The van der Waals surface area contributed by atoms with E-state index in [0.717, 1.165) is 12.1 Å². The van der Waals surface area contributed by atoms with Crippen LogP contribution < -0.4 is 5.32 Å². The number of carboxylic acids is 1. The first-order chi connectivity index (χ1) is 9.95. The maximum Gasteiger partial charge on any atom is 0.303 e. The van der Waals surface area contributed by atoms with Gasteiger partial charge in [0.1, 0.15) is 17.2 Å². The summed E-state index contributed by atoms with van der Waals surface area (Å²) in [5.41, 5.74) is 0.885. The van der Waals surface area contributed by atoms with Gasteiger partial charge in [-0.1, -0.05) is 0 Å². The summed E-state index contributed by atoms with van der Waals surface area (Å²) in [7, 11) is 0. The molecule has 0 fully saturated rings. The molecule has 0 amide bonds. The summed E-state index contributed by atoms with van der Waals surface area (Å²) in [5.74, 6) is -1.21. The van der Waals surface area contributed by atoms with Gasteiger partial charge in [-0.25, -0.2) is 4.98 Å². The summed E-state index contributed by atoms with van der Waals surface area (Å²) in [6, 6.07) is 2.24. The lowest BCUT2D eigenvalue weighted by atomic mass is 10.1. The number of benzene rings is 1. The van der Waals surface area contributed by atoms with Crippen LogP contribution in [0.1, 0.15) is 17.7 Å². The van der Waals surface area contributed by atoms with Crippen LogP contribution in [0.25, 0.3) is 0 Å². The van der Waals surface area contributed by atoms with E-state index in [4.69, 9.17) is 5.11 Å². The summed E-state index contributed by atoms with van der Waals surface area (Å²) in [6.45, 7) is 0.0871. The number of hydrogen-bond acceptors (Lipinski definition) is 6. The number of aliphatic carboxylic acids is 1. The van der Waals surface area contributed by atoms with Gasteiger partial charge in [0.05, 0.1) is 24.7 Å². The van der Waals surface area contributed by atoms with Crippen molar-refractivity contribution in [3.8, 4) is 17.2 Å². The molecule has 1 aromatic heterocycles.